The molecule has 0 radical (unpaired) electrons. The highest BCUT2D eigenvalue weighted by atomic mass is 32.1. The molecule has 0 aliphatic rings. The van der Waals surface area contributed by atoms with Gasteiger partial charge >= 0.3 is 0 Å². The molecule has 32 heavy (non-hydrogen) atoms. The third kappa shape index (κ3) is 3.97. The van der Waals surface area contributed by atoms with Crippen molar-refractivity contribution in [2.24, 2.45) is 0 Å². The van der Waals surface area contributed by atoms with Crippen molar-refractivity contribution in [2.45, 2.75) is 12.8 Å². The van der Waals surface area contributed by atoms with Gasteiger partial charge in [-0.1, -0.05) is 53.8 Å². The number of alkyl halides is 2. The lowest BCUT2D eigenvalue weighted by Gasteiger charge is -2.20. The zero-order valence-electron chi connectivity index (χ0n) is 16.8. The first-order valence-electron chi connectivity index (χ1n) is 10.1. The van der Waals surface area contributed by atoms with Gasteiger partial charge in [0.15, 0.2) is 11.0 Å². The van der Waals surface area contributed by atoms with E-state index in [0.717, 1.165) is 15.8 Å². The van der Waals surface area contributed by atoms with Crippen molar-refractivity contribution in [2.75, 3.05) is 11.4 Å². The molecule has 8 heteroatoms. The van der Waals surface area contributed by atoms with E-state index in [-0.39, 0.29) is 5.91 Å². The number of carbonyl (C=O) groups excluding carboxylic acids is 1. The monoisotopic (exact) mass is 448 g/mol. The number of H-pyrrole nitrogens is 1. The number of thiazole rings is 1. The topological polar surface area (TPSA) is 61.9 Å². The predicted octanol–water partition coefficient (Wildman–Crippen LogP) is 6.00. The number of hydrogen-bond acceptors (Lipinski definition) is 4. The van der Waals surface area contributed by atoms with Crippen molar-refractivity contribution < 1.29 is 13.6 Å². The molecule has 0 unspecified atom stereocenters. The van der Waals surface area contributed by atoms with E-state index in [1.54, 1.807) is 23.1 Å². The molecule has 1 N–H and O–H groups in total. The summed E-state index contributed by atoms with van der Waals surface area (Å²) in [4.78, 5) is 26.3. The van der Waals surface area contributed by atoms with Gasteiger partial charge < -0.3 is 4.98 Å². The molecular formula is C24H18F2N4OS. The van der Waals surface area contributed by atoms with Crippen LogP contribution in [0.2, 0.25) is 0 Å². The molecule has 0 bridgehead atoms. The zero-order chi connectivity index (χ0) is 22.1. The highest BCUT2D eigenvalue weighted by Gasteiger charge is 2.22. The van der Waals surface area contributed by atoms with Gasteiger partial charge in [0.1, 0.15) is 0 Å². The van der Waals surface area contributed by atoms with Crippen molar-refractivity contribution in [3.63, 3.8) is 0 Å². The number of aromatic nitrogens is 3. The molecule has 0 atom stereocenters. The number of nitrogens with one attached hydrogen (secondary N) is 1. The van der Waals surface area contributed by atoms with Crippen LogP contribution >= 0.6 is 11.3 Å². The molecule has 5 nitrogen and oxygen atoms in total. The SMILES string of the molecule is O=C(c1ccc2nc(C(F)F)[nH]c2c1)N(CCc1ccccc1)c1nc2ccccc2s1. The van der Waals surface area contributed by atoms with Crippen LogP contribution in [0.3, 0.4) is 0 Å². The summed E-state index contributed by atoms with van der Waals surface area (Å²) < 4.78 is 27.0. The molecule has 0 aliphatic carbocycles. The maximum atomic E-state index is 13.5. The molecule has 0 saturated heterocycles. The molecule has 1 amide bonds. The van der Waals surface area contributed by atoms with E-state index < -0.39 is 12.2 Å². The second kappa shape index (κ2) is 8.47. The zero-order valence-corrected chi connectivity index (χ0v) is 17.7. The Bertz CT molecular complexity index is 1360. The van der Waals surface area contributed by atoms with Gasteiger partial charge in [-0.25, -0.2) is 18.7 Å². The van der Waals surface area contributed by atoms with E-state index in [4.69, 9.17) is 0 Å². The number of benzene rings is 3. The quantitative estimate of drug-likeness (QED) is 0.347. The minimum absolute atomic E-state index is 0.241. The summed E-state index contributed by atoms with van der Waals surface area (Å²) in [6.07, 6.45) is -2.05. The number of amides is 1. The average molecular weight is 448 g/mol. The number of carbonyl (C=O) groups is 1. The summed E-state index contributed by atoms with van der Waals surface area (Å²) in [6.45, 7) is 0.436. The lowest BCUT2D eigenvalue weighted by Crippen LogP contribution is -2.32. The van der Waals surface area contributed by atoms with Crippen molar-refractivity contribution in [3.05, 3.63) is 89.7 Å². The number of anilines is 1. The lowest BCUT2D eigenvalue weighted by atomic mass is 10.1. The van der Waals surface area contributed by atoms with Gasteiger partial charge in [0.05, 0.1) is 21.3 Å². The fourth-order valence-corrected chi connectivity index (χ4v) is 4.56. The largest absolute Gasteiger partial charge is 0.337 e. The Morgan fingerprint density at radius 1 is 0.969 bits per heavy atom. The second-order valence-electron chi connectivity index (χ2n) is 7.31. The number of hydrogen-bond donors (Lipinski definition) is 1. The summed E-state index contributed by atoms with van der Waals surface area (Å²) in [5.74, 6) is -0.646. The molecule has 0 spiro atoms. The number of aromatic amines is 1. The summed E-state index contributed by atoms with van der Waals surface area (Å²) >= 11 is 1.45. The van der Waals surface area contributed by atoms with Crippen molar-refractivity contribution in [3.8, 4) is 0 Å². The van der Waals surface area contributed by atoms with Crippen LogP contribution in [0, 0.1) is 0 Å². The Labute approximate surface area is 186 Å². The van der Waals surface area contributed by atoms with Gasteiger partial charge in [-0.05, 0) is 42.3 Å². The van der Waals surface area contributed by atoms with Crippen molar-refractivity contribution in [1.29, 1.82) is 0 Å². The summed E-state index contributed by atoms with van der Waals surface area (Å²) in [5, 5.41) is 0.602. The van der Waals surface area contributed by atoms with Crippen LogP contribution in [0.5, 0.6) is 0 Å². The van der Waals surface area contributed by atoms with E-state index in [1.165, 1.54) is 11.3 Å². The Morgan fingerprint density at radius 3 is 2.53 bits per heavy atom. The van der Waals surface area contributed by atoms with Crippen LogP contribution < -0.4 is 4.90 Å². The minimum atomic E-state index is -2.70. The molecule has 0 fully saturated rings. The fourth-order valence-electron chi connectivity index (χ4n) is 3.57. The molecule has 2 heterocycles. The Morgan fingerprint density at radius 2 is 1.75 bits per heavy atom. The molecule has 5 aromatic rings. The highest BCUT2D eigenvalue weighted by Crippen LogP contribution is 2.30. The van der Waals surface area contributed by atoms with Crippen molar-refractivity contribution >= 4 is 43.6 Å². The molecule has 5 rings (SSSR count). The van der Waals surface area contributed by atoms with E-state index in [1.807, 2.05) is 54.6 Å². The number of halogens is 2. The van der Waals surface area contributed by atoms with Crippen LogP contribution in [0.25, 0.3) is 21.3 Å². The predicted molar refractivity (Wildman–Crippen MR) is 122 cm³/mol. The first kappa shape index (κ1) is 20.3. The molecule has 2 aromatic heterocycles. The van der Waals surface area contributed by atoms with Crippen LogP contribution in [0.1, 0.15) is 28.2 Å². The maximum Gasteiger partial charge on any atom is 0.295 e. The molecule has 3 aromatic carbocycles. The van der Waals surface area contributed by atoms with E-state index in [9.17, 15) is 13.6 Å². The summed E-state index contributed by atoms with van der Waals surface area (Å²) in [5.41, 5.74) is 3.12. The summed E-state index contributed by atoms with van der Waals surface area (Å²) in [6, 6.07) is 22.4. The number of para-hydroxylation sites is 1. The van der Waals surface area contributed by atoms with Gasteiger partial charge in [-0.15, -0.1) is 0 Å². The van der Waals surface area contributed by atoms with Crippen LogP contribution in [-0.4, -0.2) is 27.4 Å². The summed E-state index contributed by atoms with van der Waals surface area (Å²) in [7, 11) is 0. The standard InChI is InChI=1S/C24H18F2N4OS/c25-21(26)22-27-17-11-10-16(14-19(17)28-22)23(31)30(13-12-15-6-2-1-3-7-15)24-29-18-8-4-5-9-20(18)32-24/h1-11,14,21H,12-13H2,(H,27,28). The maximum absolute atomic E-state index is 13.5. The van der Waals surface area contributed by atoms with Crippen LogP contribution in [0.15, 0.2) is 72.8 Å². The van der Waals surface area contributed by atoms with Gasteiger partial charge in [0.2, 0.25) is 0 Å². The van der Waals surface area contributed by atoms with Gasteiger partial charge in [0, 0.05) is 12.1 Å². The Hall–Kier alpha value is -3.65. The van der Waals surface area contributed by atoms with E-state index in [0.29, 0.717) is 34.7 Å². The fraction of sp³-hybridized carbons (Fsp3) is 0.125. The van der Waals surface area contributed by atoms with Gasteiger partial charge in [-0.3, -0.25) is 9.69 Å². The van der Waals surface area contributed by atoms with Gasteiger partial charge in [0.25, 0.3) is 12.3 Å². The molecular weight excluding hydrogens is 430 g/mol. The number of rotatable bonds is 6. The number of imidazole rings is 1. The normalized spacial score (nSPS) is 11.5. The molecule has 0 aliphatic heterocycles. The minimum Gasteiger partial charge on any atom is -0.337 e. The Balaban J connectivity index is 1.51. The number of fused-ring (bicyclic) bond motifs is 2. The second-order valence-corrected chi connectivity index (χ2v) is 8.32. The smallest absolute Gasteiger partial charge is 0.295 e. The first-order valence-corrected chi connectivity index (χ1v) is 10.9. The van der Waals surface area contributed by atoms with Crippen molar-refractivity contribution in [1.82, 2.24) is 15.0 Å². The van der Waals surface area contributed by atoms with Gasteiger partial charge in [-0.2, -0.15) is 0 Å². The van der Waals surface area contributed by atoms with E-state index in [2.05, 4.69) is 15.0 Å². The van der Waals surface area contributed by atoms with E-state index >= 15 is 0 Å². The third-order valence-corrected chi connectivity index (χ3v) is 6.24. The lowest BCUT2D eigenvalue weighted by molar-refractivity contribution is 0.0987. The average Bonchev–Trinajstić information content (AvgIpc) is 3.43. The Kier molecular flexibility index (Phi) is 5.36. The molecule has 0 saturated carbocycles. The van der Waals surface area contributed by atoms with Crippen LogP contribution in [0.4, 0.5) is 13.9 Å². The first-order chi connectivity index (χ1) is 15.6. The third-order valence-electron chi connectivity index (χ3n) is 5.18. The molecule has 160 valence electrons. The van der Waals surface area contributed by atoms with Crippen LogP contribution in [-0.2, 0) is 6.42 Å². The highest BCUT2D eigenvalue weighted by molar-refractivity contribution is 7.22. The number of nitrogens with zero attached hydrogens (tertiary/aromatic N) is 3.